The van der Waals surface area contributed by atoms with Crippen LogP contribution in [0.2, 0.25) is 5.02 Å². The van der Waals surface area contributed by atoms with Crippen molar-refractivity contribution in [3.63, 3.8) is 0 Å². The molecule has 0 saturated carbocycles. The summed E-state index contributed by atoms with van der Waals surface area (Å²) in [5, 5.41) is 12.8. The van der Waals surface area contributed by atoms with Crippen molar-refractivity contribution in [3.05, 3.63) is 23.2 Å². The first-order valence-corrected chi connectivity index (χ1v) is 7.30. The molecule has 0 fully saturated rings. The fraction of sp³-hybridized carbons (Fsp3) is 0.500. The topological polar surface area (TPSA) is 69.6 Å². The van der Waals surface area contributed by atoms with Gasteiger partial charge in [0.05, 0.1) is 5.54 Å². The summed E-state index contributed by atoms with van der Waals surface area (Å²) < 4.78 is 1.91. The molecule has 2 aromatic rings. The quantitative estimate of drug-likeness (QED) is 0.857. The van der Waals surface area contributed by atoms with E-state index in [1.54, 1.807) is 12.1 Å². The molecule has 0 aliphatic heterocycles. The maximum atomic E-state index is 6.06. The molecule has 0 spiro atoms. The van der Waals surface area contributed by atoms with Crippen LogP contribution in [0.3, 0.4) is 0 Å². The second-order valence-electron chi connectivity index (χ2n) is 4.93. The Morgan fingerprint density at radius 3 is 2.40 bits per heavy atom. The molecule has 0 bridgehead atoms. The first-order valence-electron chi connectivity index (χ1n) is 6.92. The summed E-state index contributed by atoms with van der Waals surface area (Å²) in [6, 6.07) is 5.39. The molecule has 0 unspecified atom stereocenters. The second kappa shape index (κ2) is 5.79. The fourth-order valence-corrected chi connectivity index (χ4v) is 2.79. The van der Waals surface area contributed by atoms with Gasteiger partial charge in [-0.05, 0) is 47.9 Å². The summed E-state index contributed by atoms with van der Waals surface area (Å²) in [5.41, 5.74) is 7.38. The van der Waals surface area contributed by atoms with E-state index in [9.17, 15) is 0 Å². The van der Waals surface area contributed by atoms with Crippen molar-refractivity contribution < 1.29 is 0 Å². The van der Waals surface area contributed by atoms with Crippen LogP contribution in [0.4, 0.5) is 5.69 Å². The Morgan fingerprint density at radius 2 is 1.85 bits per heavy atom. The van der Waals surface area contributed by atoms with Gasteiger partial charge in [0.25, 0.3) is 0 Å². The van der Waals surface area contributed by atoms with E-state index in [0.29, 0.717) is 16.5 Å². The third kappa shape index (κ3) is 2.38. The summed E-state index contributed by atoms with van der Waals surface area (Å²) in [6.45, 7) is 6.47. The highest BCUT2D eigenvalue weighted by Gasteiger charge is 2.31. The number of rotatable bonds is 5. The number of halogens is 1. The average molecular weight is 294 g/mol. The van der Waals surface area contributed by atoms with Crippen LogP contribution >= 0.6 is 11.6 Å². The number of hydrogen-bond donors (Lipinski definition) is 1. The molecule has 2 rings (SSSR count). The lowest BCUT2D eigenvalue weighted by Gasteiger charge is -2.31. The van der Waals surface area contributed by atoms with Gasteiger partial charge in [-0.3, -0.25) is 0 Å². The molecule has 0 aliphatic rings. The van der Waals surface area contributed by atoms with E-state index in [-0.39, 0.29) is 5.54 Å². The Balaban J connectivity index is 2.58. The maximum Gasteiger partial charge on any atom is 0.184 e. The molecule has 0 radical (unpaired) electrons. The van der Waals surface area contributed by atoms with Gasteiger partial charge in [-0.1, -0.05) is 32.4 Å². The smallest absolute Gasteiger partial charge is 0.184 e. The van der Waals surface area contributed by atoms with Gasteiger partial charge in [0.1, 0.15) is 0 Å². The van der Waals surface area contributed by atoms with Gasteiger partial charge in [-0.15, -0.1) is 5.10 Å². The number of aromatic nitrogens is 4. The van der Waals surface area contributed by atoms with Crippen molar-refractivity contribution in [2.45, 2.75) is 45.6 Å². The number of anilines is 1. The Bertz CT molecular complexity index is 581. The van der Waals surface area contributed by atoms with E-state index in [1.807, 2.05) is 10.7 Å². The average Bonchev–Trinajstić information content (AvgIpc) is 2.91. The van der Waals surface area contributed by atoms with Crippen LogP contribution in [0.5, 0.6) is 0 Å². The minimum atomic E-state index is -0.0785. The molecule has 0 atom stereocenters. The standard InChI is InChI=1S/C14H20ClN5/c1-4-14(5-2,6-3)20-13(17-18-19-20)11-8-7-10(15)9-12(11)16/h7-9H,4-6,16H2,1-3H3. The number of nitrogens with zero attached hydrogens (tertiary/aromatic N) is 4. The molecule has 0 aliphatic carbocycles. The van der Waals surface area contributed by atoms with Crippen LogP contribution in [0, 0.1) is 0 Å². The van der Waals surface area contributed by atoms with Crippen LogP contribution in [0.25, 0.3) is 11.4 Å². The van der Waals surface area contributed by atoms with E-state index < -0.39 is 0 Å². The number of hydrogen-bond acceptors (Lipinski definition) is 4. The van der Waals surface area contributed by atoms with Crippen LogP contribution in [-0.4, -0.2) is 20.2 Å². The fourth-order valence-electron chi connectivity index (χ4n) is 2.61. The van der Waals surface area contributed by atoms with E-state index in [1.165, 1.54) is 0 Å². The molecule has 1 aromatic heterocycles. The van der Waals surface area contributed by atoms with Crippen molar-refractivity contribution in [1.82, 2.24) is 20.2 Å². The highest BCUT2D eigenvalue weighted by Crippen LogP contribution is 2.34. The molecule has 5 nitrogen and oxygen atoms in total. The second-order valence-corrected chi connectivity index (χ2v) is 5.37. The zero-order valence-corrected chi connectivity index (χ0v) is 12.9. The van der Waals surface area contributed by atoms with Gasteiger partial charge in [0.2, 0.25) is 0 Å². The Labute approximate surface area is 124 Å². The minimum Gasteiger partial charge on any atom is -0.398 e. The number of benzene rings is 1. The minimum absolute atomic E-state index is 0.0785. The van der Waals surface area contributed by atoms with Crippen LogP contribution in [-0.2, 0) is 5.54 Å². The SMILES string of the molecule is CCC(CC)(CC)n1nnnc1-c1ccc(Cl)cc1N. The van der Waals surface area contributed by atoms with Crippen LogP contribution in [0.15, 0.2) is 18.2 Å². The Morgan fingerprint density at radius 1 is 1.20 bits per heavy atom. The molecule has 6 heteroatoms. The largest absolute Gasteiger partial charge is 0.398 e. The predicted octanol–water partition coefficient (Wildman–Crippen LogP) is 3.50. The summed E-state index contributed by atoms with van der Waals surface area (Å²) in [6.07, 6.45) is 2.89. The summed E-state index contributed by atoms with van der Waals surface area (Å²) >= 11 is 5.95. The lowest BCUT2D eigenvalue weighted by Crippen LogP contribution is -2.33. The summed E-state index contributed by atoms with van der Waals surface area (Å²) in [4.78, 5) is 0. The van der Waals surface area contributed by atoms with Crippen molar-refractivity contribution >= 4 is 17.3 Å². The van der Waals surface area contributed by atoms with Crippen molar-refractivity contribution in [3.8, 4) is 11.4 Å². The zero-order valence-electron chi connectivity index (χ0n) is 12.1. The molecule has 108 valence electrons. The first kappa shape index (κ1) is 14.8. The van der Waals surface area contributed by atoms with Crippen LogP contribution in [0.1, 0.15) is 40.0 Å². The molecular weight excluding hydrogens is 274 g/mol. The molecule has 1 aromatic carbocycles. The highest BCUT2D eigenvalue weighted by molar-refractivity contribution is 6.31. The zero-order chi connectivity index (χ0) is 14.8. The summed E-state index contributed by atoms with van der Waals surface area (Å²) in [7, 11) is 0. The molecule has 1 heterocycles. The lowest BCUT2D eigenvalue weighted by molar-refractivity contribution is 0.223. The molecule has 0 saturated heterocycles. The van der Waals surface area contributed by atoms with Gasteiger partial charge in [-0.2, -0.15) is 0 Å². The predicted molar refractivity (Wildman–Crippen MR) is 81.5 cm³/mol. The van der Waals surface area contributed by atoms with Gasteiger partial charge < -0.3 is 5.73 Å². The monoisotopic (exact) mass is 293 g/mol. The molecular formula is C14H20ClN5. The lowest BCUT2D eigenvalue weighted by atomic mass is 9.89. The van der Waals surface area contributed by atoms with Gasteiger partial charge in [-0.25, -0.2) is 4.68 Å². The van der Waals surface area contributed by atoms with E-state index in [2.05, 4.69) is 36.3 Å². The first-order chi connectivity index (χ1) is 9.57. The Hall–Kier alpha value is -1.62. The van der Waals surface area contributed by atoms with E-state index in [4.69, 9.17) is 17.3 Å². The number of nitrogens with two attached hydrogens (primary N) is 1. The third-order valence-corrected chi connectivity index (χ3v) is 4.38. The molecule has 0 amide bonds. The normalized spacial score (nSPS) is 11.8. The number of tetrazole rings is 1. The highest BCUT2D eigenvalue weighted by atomic mass is 35.5. The third-order valence-electron chi connectivity index (χ3n) is 4.15. The number of nitrogen functional groups attached to an aromatic ring is 1. The van der Waals surface area contributed by atoms with Crippen LogP contribution < -0.4 is 5.73 Å². The van der Waals surface area contributed by atoms with E-state index >= 15 is 0 Å². The summed E-state index contributed by atoms with van der Waals surface area (Å²) in [5.74, 6) is 0.699. The van der Waals surface area contributed by atoms with Gasteiger partial charge >= 0.3 is 0 Å². The Kier molecular flexibility index (Phi) is 4.28. The van der Waals surface area contributed by atoms with Crippen molar-refractivity contribution in [2.75, 3.05) is 5.73 Å². The van der Waals surface area contributed by atoms with Gasteiger partial charge in [0.15, 0.2) is 5.82 Å². The maximum absolute atomic E-state index is 6.06. The van der Waals surface area contributed by atoms with Gasteiger partial charge in [0, 0.05) is 16.3 Å². The van der Waals surface area contributed by atoms with Crippen molar-refractivity contribution in [1.29, 1.82) is 0 Å². The van der Waals surface area contributed by atoms with E-state index in [0.717, 1.165) is 24.8 Å². The van der Waals surface area contributed by atoms with Crippen molar-refractivity contribution in [2.24, 2.45) is 0 Å². The molecule has 20 heavy (non-hydrogen) atoms. The molecule has 2 N–H and O–H groups in total.